The van der Waals surface area contributed by atoms with Gasteiger partial charge in [0.05, 0.1) is 10.7 Å². The zero-order chi connectivity index (χ0) is 16.8. The molecule has 0 bridgehead atoms. The van der Waals surface area contributed by atoms with Crippen LogP contribution in [0.4, 0.5) is 0 Å². The summed E-state index contributed by atoms with van der Waals surface area (Å²) in [5, 5.41) is 10.0. The second kappa shape index (κ2) is 7.87. The van der Waals surface area contributed by atoms with Crippen molar-refractivity contribution in [3.05, 3.63) is 51.5 Å². The van der Waals surface area contributed by atoms with Gasteiger partial charge in [0.1, 0.15) is 11.4 Å². The second-order valence-corrected chi connectivity index (χ2v) is 6.40. The van der Waals surface area contributed by atoms with Crippen molar-refractivity contribution < 1.29 is 14.7 Å². The Morgan fingerprint density at radius 3 is 2.57 bits per heavy atom. The van der Waals surface area contributed by atoms with E-state index >= 15 is 0 Å². The van der Waals surface area contributed by atoms with E-state index in [4.69, 9.17) is 5.11 Å². The summed E-state index contributed by atoms with van der Waals surface area (Å²) in [7, 11) is 0. The average molecular weight is 332 g/mol. The number of carboxylic acids is 1. The number of amides is 1. The van der Waals surface area contributed by atoms with Gasteiger partial charge < -0.3 is 10.0 Å². The Hall–Kier alpha value is -2.21. The molecule has 0 aliphatic carbocycles. The molecule has 2 aromatic rings. The van der Waals surface area contributed by atoms with Crippen LogP contribution < -0.4 is 0 Å². The van der Waals surface area contributed by atoms with Crippen LogP contribution in [0.5, 0.6) is 0 Å². The van der Waals surface area contributed by atoms with Gasteiger partial charge in [0.15, 0.2) is 0 Å². The molecule has 0 radical (unpaired) electrons. The van der Waals surface area contributed by atoms with Gasteiger partial charge in [0.25, 0.3) is 5.91 Å². The standard InChI is InChI=1S/C17H20N2O3S/c1-3-7-14-18-12(2)16(23-14)17(22)19(11-15(20)21)10-13-8-5-4-6-9-13/h4-6,8-9H,3,7,10-11H2,1-2H3,(H,20,21). The number of carbonyl (C=O) groups excluding carboxylic acids is 1. The first-order valence-corrected chi connectivity index (χ1v) is 8.34. The smallest absolute Gasteiger partial charge is 0.323 e. The van der Waals surface area contributed by atoms with Crippen LogP contribution in [0.2, 0.25) is 0 Å². The molecule has 6 heteroatoms. The van der Waals surface area contributed by atoms with Crippen molar-refractivity contribution in [3.8, 4) is 0 Å². The molecule has 122 valence electrons. The molecule has 0 aliphatic heterocycles. The van der Waals surface area contributed by atoms with Gasteiger partial charge >= 0.3 is 5.97 Å². The van der Waals surface area contributed by atoms with Crippen LogP contribution in [0.3, 0.4) is 0 Å². The van der Waals surface area contributed by atoms with E-state index in [1.165, 1.54) is 16.2 Å². The lowest BCUT2D eigenvalue weighted by atomic mass is 10.2. The van der Waals surface area contributed by atoms with Crippen molar-refractivity contribution in [2.45, 2.75) is 33.2 Å². The van der Waals surface area contributed by atoms with Crippen molar-refractivity contribution in [2.75, 3.05) is 6.54 Å². The van der Waals surface area contributed by atoms with Crippen LogP contribution in [0, 0.1) is 6.92 Å². The first kappa shape index (κ1) is 17.1. The molecular weight excluding hydrogens is 312 g/mol. The highest BCUT2D eigenvalue weighted by molar-refractivity contribution is 7.13. The number of hydrogen-bond donors (Lipinski definition) is 1. The zero-order valence-electron chi connectivity index (χ0n) is 13.3. The van der Waals surface area contributed by atoms with E-state index in [0.29, 0.717) is 10.6 Å². The number of aliphatic carboxylic acids is 1. The lowest BCUT2D eigenvalue weighted by molar-refractivity contribution is -0.137. The fourth-order valence-electron chi connectivity index (χ4n) is 2.28. The fourth-order valence-corrected chi connectivity index (χ4v) is 3.42. The summed E-state index contributed by atoms with van der Waals surface area (Å²) in [4.78, 5) is 30.2. The number of nitrogens with zero attached hydrogens (tertiary/aromatic N) is 2. The van der Waals surface area contributed by atoms with E-state index in [0.717, 1.165) is 23.4 Å². The Balaban J connectivity index is 2.24. The van der Waals surface area contributed by atoms with E-state index in [-0.39, 0.29) is 19.0 Å². The molecule has 1 amide bonds. The first-order chi connectivity index (χ1) is 11.0. The molecule has 0 aliphatic rings. The van der Waals surface area contributed by atoms with Gasteiger partial charge in [0.2, 0.25) is 0 Å². The van der Waals surface area contributed by atoms with Crippen LogP contribution in [0.1, 0.15) is 39.3 Å². The highest BCUT2D eigenvalue weighted by Crippen LogP contribution is 2.22. The van der Waals surface area contributed by atoms with Crippen LogP contribution in [-0.4, -0.2) is 33.4 Å². The van der Waals surface area contributed by atoms with E-state index in [2.05, 4.69) is 11.9 Å². The highest BCUT2D eigenvalue weighted by Gasteiger charge is 2.23. The summed E-state index contributed by atoms with van der Waals surface area (Å²) in [5.74, 6) is -1.29. The summed E-state index contributed by atoms with van der Waals surface area (Å²) in [5.41, 5.74) is 1.57. The highest BCUT2D eigenvalue weighted by atomic mass is 32.1. The van der Waals surface area contributed by atoms with Gasteiger partial charge in [-0.05, 0) is 25.3 Å². The number of carboxylic acid groups (broad SMARTS) is 1. The predicted octanol–water partition coefficient (Wildman–Crippen LogP) is 3.13. The summed E-state index contributed by atoms with van der Waals surface area (Å²) < 4.78 is 0. The molecule has 0 fully saturated rings. The van der Waals surface area contributed by atoms with Crippen molar-refractivity contribution >= 4 is 23.2 Å². The summed E-state index contributed by atoms with van der Waals surface area (Å²) >= 11 is 1.36. The maximum atomic E-state index is 12.8. The third-order valence-electron chi connectivity index (χ3n) is 3.33. The SMILES string of the molecule is CCCc1nc(C)c(C(=O)N(CC(=O)O)Cc2ccccc2)s1. The quantitative estimate of drug-likeness (QED) is 0.845. The fraction of sp³-hybridized carbons (Fsp3) is 0.353. The van der Waals surface area contributed by atoms with Gasteiger partial charge in [-0.3, -0.25) is 9.59 Å². The van der Waals surface area contributed by atoms with Crippen molar-refractivity contribution in [1.82, 2.24) is 9.88 Å². The molecule has 0 unspecified atom stereocenters. The summed E-state index contributed by atoms with van der Waals surface area (Å²) in [6.07, 6.45) is 1.79. The summed E-state index contributed by atoms with van der Waals surface area (Å²) in [6.45, 7) is 3.80. The molecule has 1 heterocycles. The third kappa shape index (κ3) is 4.63. The van der Waals surface area contributed by atoms with Crippen molar-refractivity contribution in [1.29, 1.82) is 0 Å². The minimum atomic E-state index is -1.02. The molecule has 0 saturated heterocycles. The van der Waals surface area contributed by atoms with Crippen LogP contribution in [-0.2, 0) is 17.8 Å². The number of carbonyl (C=O) groups is 2. The maximum absolute atomic E-state index is 12.8. The monoisotopic (exact) mass is 332 g/mol. The normalized spacial score (nSPS) is 10.5. The molecule has 1 aromatic carbocycles. The van der Waals surface area contributed by atoms with E-state index in [9.17, 15) is 9.59 Å². The lowest BCUT2D eigenvalue weighted by Crippen LogP contribution is -2.35. The Labute approximate surface area is 139 Å². The molecule has 23 heavy (non-hydrogen) atoms. The molecule has 5 nitrogen and oxygen atoms in total. The molecule has 0 atom stereocenters. The van der Waals surface area contributed by atoms with E-state index in [1.54, 1.807) is 6.92 Å². The Kier molecular flexibility index (Phi) is 5.87. The molecule has 2 rings (SSSR count). The van der Waals surface area contributed by atoms with Gasteiger partial charge in [-0.1, -0.05) is 37.3 Å². The maximum Gasteiger partial charge on any atom is 0.323 e. The van der Waals surface area contributed by atoms with E-state index < -0.39 is 5.97 Å². The van der Waals surface area contributed by atoms with Crippen LogP contribution in [0.15, 0.2) is 30.3 Å². The van der Waals surface area contributed by atoms with Crippen molar-refractivity contribution in [2.24, 2.45) is 0 Å². The van der Waals surface area contributed by atoms with Gasteiger partial charge in [-0.15, -0.1) is 11.3 Å². The summed E-state index contributed by atoms with van der Waals surface area (Å²) in [6, 6.07) is 9.39. The lowest BCUT2D eigenvalue weighted by Gasteiger charge is -2.20. The van der Waals surface area contributed by atoms with Gasteiger partial charge in [0, 0.05) is 6.54 Å². The Morgan fingerprint density at radius 2 is 1.96 bits per heavy atom. The van der Waals surface area contributed by atoms with Crippen molar-refractivity contribution in [3.63, 3.8) is 0 Å². The molecule has 0 spiro atoms. The number of rotatable bonds is 7. The first-order valence-electron chi connectivity index (χ1n) is 7.52. The van der Waals surface area contributed by atoms with Crippen LogP contribution >= 0.6 is 11.3 Å². The Morgan fingerprint density at radius 1 is 1.26 bits per heavy atom. The second-order valence-electron chi connectivity index (χ2n) is 5.31. The Bertz CT molecular complexity index is 682. The average Bonchev–Trinajstić information content (AvgIpc) is 2.87. The largest absolute Gasteiger partial charge is 0.480 e. The zero-order valence-corrected chi connectivity index (χ0v) is 14.1. The predicted molar refractivity (Wildman–Crippen MR) is 89.7 cm³/mol. The topological polar surface area (TPSA) is 70.5 Å². The number of aryl methyl sites for hydroxylation is 2. The molecule has 1 aromatic heterocycles. The number of hydrogen-bond acceptors (Lipinski definition) is 4. The number of benzene rings is 1. The minimum absolute atomic E-state index is 0.270. The number of aromatic nitrogens is 1. The minimum Gasteiger partial charge on any atom is -0.480 e. The molecule has 1 N–H and O–H groups in total. The van der Waals surface area contributed by atoms with Crippen LogP contribution in [0.25, 0.3) is 0 Å². The van der Waals surface area contributed by atoms with Gasteiger partial charge in [-0.2, -0.15) is 0 Å². The van der Waals surface area contributed by atoms with E-state index in [1.807, 2.05) is 30.3 Å². The molecular formula is C17H20N2O3S. The molecule has 0 saturated carbocycles. The van der Waals surface area contributed by atoms with Gasteiger partial charge in [-0.25, -0.2) is 4.98 Å². The third-order valence-corrected chi connectivity index (χ3v) is 4.53. The number of thiazole rings is 1.